The first-order chi connectivity index (χ1) is 9.06. The Balaban J connectivity index is 3.38. The molecule has 114 valence electrons. The number of carboxylic acids is 1. The number of carboxylic acid groups (broad SMARTS) is 1. The Kier molecular flexibility index (Phi) is 11.5. The molecule has 0 fully saturated rings. The predicted molar refractivity (Wildman–Crippen MR) is 86.1 cm³/mol. The second-order valence-corrected chi connectivity index (χ2v) is 6.48. The maximum atomic E-state index is 11.1. The summed E-state index contributed by atoms with van der Waals surface area (Å²) >= 11 is 4.31. The van der Waals surface area contributed by atoms with E-state index in [1.54, 1.807) is 0 Å². The van der Waals surface area contributed by atoms with E-state index in [0.717, 1.165) is 12.8 Å². The largest absolute Gasteiger partial charge is 0.480 e. The van der Waals surface area contributed by atoms with Crippen LogP contribution in [-0.4, -0.2) is 15.8 Å². The van der Waals surface area contributed by atoms with Crippen molar-refractivity contribution in [2.24, 2.45) is 0 Å². The molecule has 0 spiro atoms. The van der Waals surface area contributed by atoms with E-state index in [9.17, 15) is 4.79 Å². The molecule has 0 aromatic rings. The van der Waals surface area contributed by atoms with Crippen molar-refractivity contribution in [1.29, 1.82) is 0 Å². The Labute approximate surface area is 124 Å². The van der Waals surface area contributed by atoms with Crippen LogP contribution in [0.4, 0.5) is 0 Å². The van der Waals surface area contributed by atoms with Crippen molar-refractivity contribution in [2.45, 2.75) is 95.6 Å². The molecule has 1 N–H and O–H groups in total. The van der Waals surface area contributed by atoms with Gasteiger partial charge in [-0.1, -0.05) is 78.1 Å². The molecule has 1 unspecified atom stereocenters. The minimum atomic E-state index is -0.805. The number of unbranched alkanes of at least 4 members (excludes halogenated alkanes) is 9. The van der Waals surface area contributed by atoms with Gasteiger partial charge in [-0.05, 0) is 12.8 Å². The third-order valence-electron chi connectivity index (χ3n) is 3.93. The zero-order valence-electron chi connectivity index (χ0n) is 12.8. The molecule has 0 saturated carbocycles. The third kappa shape index (κ3) is 9.37. The molecule has 0 heterocycles. The lowest BCUT2D eigenvalue weighted by Gasteiger charge is -2.21. The smallest absolute Gasteiger partial charge is 0.319 e. The molecule has 0 aliphatic carbocycles. The lowest BCUT2D eigenvalue weighted by Crippen LogP contribution is -2.31. The average molecular weight is 288 g/mol. The van der Waals surface area contributed by atoms with Crippen LogP contribution in [0.25, 0.3) is 0 Å². The Morgan fingerprint density at radius 1 is 0.895 bits per heavy atom. The second-order valence-electron chi connectivity index (χ2n) is 5.62. The van der Waals surface area contributed by atoms with Crippen LogP contribution in [0.5, 0.6) is 0 Å². The summed E-state index contributed by atoms with van der Waals surface area (Å²) in [6.45, 7) is 4.15. The van der Waals surface area contributed by atoms with E-state index in [4.69, 9.17) is 5.11 Å². The van der Waals surface area contributed by atoms with Crippen LogP contribution < -0.4 is 0 Å². The number of hydrogen-bond acceptors (Lipinski definition) is 2. The van der Waals surface area contributed by atoms with Gasteiger partial charge < -0.3 is 5.11 Å². The normalized spacial score (nSPS) is 14.3. The first kappa shape index (κ1) is 18.8. The van der Waals surface area contributed by atoms with E-state index in [1.165, 1.54) is 51.4 Å². The summed E-state index contributed by atoms with van der Waals surface area (Å²) in [4.78, 5) is 11.1. The first-order valence-electron chi connectivity index (χ1n) is 8.02. The molecule has 1 atom stereocenters. The number of carbonyl (C=O) groups is 1. The molecular weight excluding hydrogens is 256 g/mol. The van der Waals surface area contributed by atoms with E-state index in [1.807, 2.05) is 6.92 Å². The minimum absolute atomic E-state index is 0.600. The number of aliphatic carboxylic acids is 1. The molecule has 0 aromatic heterocycles. The van der Waals surface area contributed by atoms with Crippen LogP contribution in [0.3, 0.4) is 0 Å². The standard InChI is InChI=1S/C16H32O2S/c1-3-5-6-7-8-9-10-11-12-13-14-16(19,4-2)15(17)18/h19H,3-14H2,1-2H3,(H,17,18). The maximum absolute atomic E-state index is 11.1. The topological polar surface area (TPSA) is 37.3 Å². The summed E-state index contributed by atoms with van der Waals surface area (Å²) in [6.07, 6.45) is 14.1. The van der Waals surface area contributed by atoms with E-state index in [-0.39, 0.29) is 0 Å². The lowest BCUT2D eigenvalue weighted by atomic mass is 9.97. The number of rotatable bonds is 13. The molecule has 0 amide bonds. The van der Waals surface area contributed by atoms with Gasteiger partial charge in [0.15, 0.2) is 0 Å². The summed E-state index contributed by atoms with van der Waals surface area (Å²) in [7, 11) is 0. The van der Waals surface area contributed by atoms with E-state index < -0.39 is 10.7 Å². The van der Waals surface area contributed by atoms with Crippen LogP contribution in [0.15, 0.2) is 0 Å². The van der Waals surface area contributed by atoms with Gasteiger partial charge in [-0.25, -0.2) is 0 Å². The van der Waals surface area contributed by atoms with Crippen molar-refractivity contribution < 1.29 is 9.90 Å². The zero-order chi connectivity index (χ0) is 14.6. The molecule has 0 saturated heterocycles. The maximum Gasteiger partial charge on any atom is 0.319 e. The molecule has 0 bridgehead atoms. The molecule has 2 nitrogen and oxygen atoms in total. The van der Waals surface area contributed by atoms with Crippen LogP contribution >= 0.6 is 12.6 Å². The Morgan fingerprint density at radius 3 is 1.68 bits per heavy atom. The molecule has 19 heavy (non-hydrogen) atoms. The molecule has 0 rings (SSSR count). The van der Waals surface area contributed by atoms with Gasteiger partial charge in [0.25, 0.3) is 0 Å². The van der Waals surface area contributed by atoms with Crippen LogP contribution in [0.1, 0.15) is 90.9 Å². The summed E-state index contributed by atoms with van der Waals surface area (Å²) in [6, 6.07) is 0. The van der Waals surface area contributed by atoms with Gasteiger partial charge in [0.2, 0.25) is 0 Å². The van der Waals surface area contributed by atoms with Crippen molar-refractivity contribution in [3.05, 3.63) is 0 Å². The molecule has 0 aliphatic heterocycles. The highest BCUT2D eigenvalue weighted by Gasteiger charge is 2.31. The molecular formula is C16H32O2S. The molecule has 0 aliphatic rings. The number of hydrogen-bond donors (Lipinski definition) is 2. The highest BCUT2D eigenvalue weighted by Crippen LogP contribution is 2.27. The molecule has 0 aromatic carbocycles. The van der Waals surface area contributed by atoms with Crippen molar-refractivity contribution in [3.63, 3.8) is 0 Å². The van der Waals surface area contributed by atoms with E-state index in [2.05, 4.69) is 19.6 Å². The van der Waals surface area contributed by atoms with E-state index in [0.29, 0.717) is 12.8 Å². The molecule has 3 heteroatoms. The Bertz CT molecular complexity index is 231. The monoisotopic (exact) mass is 288 g/mol. The zero-order valence-corrected chi connectivity index (χ0v) is 13.7. The van der Waals surface area contributed by atoms with Crippen LogP contribution in [0.2, 0.25) is 0 Å². The molecule has 0 radical (unpaired) electrons. The van der Waals surface area contributed by atoms with Gasteiger partial charge in [-0.2, -0.15) is 12.6 Å². The van der Waals surface area contributed by atoms with Gasteiger partial charge in [-0.15, -0.1) is 0 Å². The summed E-state index contributed by atoms with van der Waals surface area (Å²) in [5, 5.41) is 9.10. The summed E-state index contributed by atoms with van der Waals surface area (Å²) in [5.41, 5.74) is 0. The number of thiol groups is 1. The van der Waals surface area contributed by atoms with Crippen molar-refractivity contribution in [2.75, 3.05) is 0 Å². The van der Waals surface area contributed by atoms with Gasteiger partial charge in [0, 0.05) is 0 Å². The van der Waals surface area contributed by atoms with Crippen molar-refractivity contribution in [1.82, 2.24) is 0 Å². The van der Waals surface area contributed by atoms with Gasteiger partial charge >= 0.3 is 5.97 Å². The highest BCUT2D eigenvalue weighted by molar-refractivity contribution is 7.82. The van der Waals surface area contributed by atoms with Gasteiger partial charge in [0.1, 0.15) is 4.75 Å². The van der Waals surface area contributed by atoms with Crippen LogP contribution in [0, 0.1) is 0 Å². The van der Waals surface area contributed by atoms with Gasteiger partial charge in [0.05, 0.1) is 0 Å². The SMILES string of the molecule is CCCCCCCCCCCCC(S)(CC)C(=O)O. The average Bonchev–Trinajstić information content (AvgIpc) is 2.40. The highest BCUT2D eigenvalue weighted by atomic mass is 32.1. The quantitative estimate of drug-likeness (QED) is 0.349. The first-order valence-corrected chi connectivity index (χ1v) is 8.47. The fourth-order valence-corrected chi connectivity index (χ4v) is 2.50. The van der Waals surface area contributed by atoms with Crippen molar-refractivity contribution >= 4 is 18.6 Å². The Morgan fingerprint density at radius 2 is 1.32 bits per heavy atom. The fourth-order valence-electron chi connectivity index (χ4n) is 2.34. The lowest BCUT2D eigenvalue weighted by molar-refractivity contribution is -0.140. The van der Waals surface area contributed by atoms with Gasteiger partial charge in [-0.3, -0.25) is 4.79 Å². The summed E-state index contributed by atoms with van der Waals surface area (Å²) < 4.78 is -0.805. The van der Waals surface area contributed by atoms with Crippen molar-refractivity contribution in [3.8, 4) is 0 Å². The predicted octanol–water partition coefficient (Wildman–Crippen LogP) is 5.46. The summed E-state index contributed by atoms with van der Waals surface area (Å²) in [5.74, 6) is -0.769. The fraction of sp³-hybridized carbons (Fsp3) is 0.938. The third-order valence-corrected chi connectivity index (χ3v) is 4.66. The second kappa shape index (κ2) is 11.6. The van der Waals surface area contributed by atoms with E-state index >= 15 is 0 Å². The van der Waals surface area contributed by atoms with Crippen LogP contribution in [-0.2, 0) is 4.79 Å². The minimum Gasteiger partial charge on any atom is -0.480 e. The Hall–Kier alpha value is -0.180.